The molecule has 4 aromatic rings. The van der Waals surface area contributed by atoms with Crippen LogP contribution in [-0.4, -0.2) is 22.4 Å². The van der Waals surface area contributed by atoms with E-state index in [2.05, 4.69) is 11.5 Å². The number of carbonyl (C=O) groups excluding carboxylic acids is 1. The molecule has 0 bridgehead atoms. The Bertz CT molecular complexity index is 1530. The van der Waals surface area contributed by atoms with E-state index in [4.69, 9.17) is 14.2 Å². The maximum atomic E-state index is 13.2. The summed E-state index contributed by atoms with van der Waals surface area (Å²) in [5.41, 5.74) is 4.00. The molecule has 1 aliphatic rings. The molecule has 5 rings (SSSR count). The fourth-order valence-corrected chi connectivity index (χ4v) is 4.39. The van der Waals surface area contributed by atoms with Gasteiger partial charge in [-0.3, -0.25) is 14.9 Å². The third kappa shape index (κ3) is 4.17. The Morgan fingerprint density at radius 2 is 1.86 bits per heavy atom. The minimum absolute atomic E-state index is 0.0267. The molecule has 2 heterocycles. The van der Waals surface area contributed by atoms with Crippen molar-refractivity contribution in [2.24, 2.45) is 0 Å². The van der Waals surface area contributed by atoms with E-state index in [9.17, 15) is 14.9 Å². The van der Waals surface area contributed by atoms with Crippen LogP contribution in [0.5, 0.6) is 17.2 Å². The summed E-state index contributed by atoms with van der Waals surface area (Å²) in [6.45, 7) is 4.92. The Balaban J connectivity index is 1.41. The molecule has 8 heteroatoms. The molecular formula is C28H24N2O6. The highest BCUT2D eigenvalue weighted by molar-refractivity contribution is 6.16. The number of benzene rings is 3. The van der Waals surface area contributed by atoms with Crippen LogP contribution in [0.3, 0.4) is 0 Å². The molecule has 0 unspecified atom stereocenters. The largest absolute Gasteiger partial charge is 0.497 e. The van der Waals surface area contributed by atoms with Gasteiger partial charge < -0.3 is 18.8 Å². The zero-order valence-corrected chi connectivity index (χ0v) is 20.1. The van der Waals surface area contributed by atoms with E-state index >= 15 is 0 Å². The van der Waals surface area contributed by atoms with Gasteiger partial charge in [0.05, 0.1) is 17.6 Å². The number of hydrogen-bond acceptors (Lipinski definition) is 6. The molecule has 0 radical (unpaired) electrons. The van der Waals surface area contributed by atoms with Gasteiger partial charge in [0.15, 0.2) is 5.76 Å². The number of nitro benzene ring substituents is 1. The van der Waals surface area contributed by atoms with Gasteiger partial charge >= 0.3 is 0 Å². The van der Waals surface area contributed by atoms with Crippen molar-refractivity contribution in [1.82, 2.24) is 4.57 Å². The zero-order chi connectivity index (χ0) is 25.4. The predicted octanol–water partition coefficient (Wildman–Crippen LogP) is 6.08. The first-order valence-electron chi connectivity index (χ1n) is 11.5. The van der Waals surface area contributed by atoms with Gasteiger partial charge in [-0.25, -0.2) is 0 Å². The number of ketones is 1. The van der Waals surface area contributed by atoms with Crippen LogP contribution >= 0.6 is 0 Å². The van der Waals surface area contributed by atoms with Gasteiger partial charge in [0.2, 0.25) is 5.78 Å². The Labute approximate surface area is 207 Å². The Kier molecular flexibility index (Phi) is 5.93. The third-order valence-electron chi connectivity index (χ3n) is 6.24. The van der Waals surface area contributed by atoms with E-state index in [1.807, 2.05) is 31.3 Å². The van der Waals surface area contributed by atoms with Crippen molar-refractivity contribution in [2.45, 2.75) is 27.0 Å². The molecule has 0 spiro atoms. The van der Waals surface area contributed by atoms with Crippen molar-refractivity contribution in [1.29, 1.82) is 0 Å². The average Bonchev–Trinajstić information content (AvgIpc) is 3.39. The second kappa shape index (κ2) is 9.22. The first-order chi connectivity index (χ1) is 17.4. The van der Waals surface area contributed by atoms with E-state index in [0.29, 0.717) is 17.1 Å². The SMILES string of the molecule is CCn1cc(/C=C2\Oc3cc(OCc4ccc([N+](=O)[O-])cc4)cc(C)c3C2=O)c2cc(OC)ccc21. The molecule has 182 valence electrons. The van der Waals surface area contributed by atoms with Gasteiger partial charge in [0.1, 0.15) is 23.9 Å². The van der Waals surface area contributed by atoms with Crippen LogP contribution < -0.4 is 14.2 Å². The molecule has 0 amide bonds. The normalized spacial score (nSPS) is 13.6. The first kappa shape index (κ1) is 23.2. The fraction of sp³-hybridized carbons (Fsp3) is 0.179. The van der Waals surface area contributed by atoms with Crippen LogP contribution in [0.1, 0.15) is 34.0 Å². The van der Waals surface area contributed by atoms with Crippen molar-refractivity contribution >= 4 is 28.4 Å². The Morgan fingerprint density at radius 1 is 1.08 bits per heavy atom. The summed E-state index contributed by atoms with van der Waals surface area (Å²) in [6, 6.07) is 15.6. The monoisotopic (exact) mass is 484 g/mol. The lowest BCUT2D eigenvalue weighted by molar-refractivity contribution is -0.384. The summed E-state index contributed by atoms with van der Waals surface area (Å²) in [7, 11) is 1.63. The lowest BCUT2D eigenvalue weighted by Gasteiger charge is -2.09. The van der Waals surface area contributed by atoms with Gasteiger partial charge in [-0.15, -0.1) is 0 Å². The molecule has 8 nitrogen and oxygen atoms in total. The van der Waals surface area contributed by atoms with Crippen LogP contribution in [0.4, 0.5) is 5.69 Å². The van der Waals surface area contributed by atoms with E-state index in [0.717, 1.165) is 39.9 Å². The maximum Gasteiger partial charge on any atom is 0.269 e. The first-order valence-corrected chi connectivity index (χ1v) is 11.5. The van der Waals surface area contributed by atoms with Crippen LogP contribution in [0, 0.1) is 17.0 Å². The number of nitro groups is 1. The number of Topliss-reactive ketones (excluding diaryl/α,β-unsaturated/α-hetero) is 1. The van der Waals surface area contributed by atoms with Gasteiger partial charge in [0.25, 0.3) is 5.69 Å². The molecule has 0 N–H and O–H groups in total. The molecule has 1 aliphatic heterocycles. The molecular weight excluding hydrogens is 460 g/mol. The number of methoxy groups -OCH3 is 1. The Morgan fingerprint density at radius 3 is 2.56 bits per heavy atom. The van der Waals surface area contributed by atoms with E-state index < -0.39 is 4.92 Å². The molecule has 36 heavy (non-hydrogen) atoms. The van der Waals surface area contributed by atoms with Crippen molar-refractivity contribution in [3.8, 4) is 17.2 Å². The second-order valence-corrected chi connectivity index (χ2v) is 8.52. The van der Waals surface area contributed by atoms with Crippen molar-refractivity contribution < 1.29 is 23.9 Å². The summed E-state index contributed by atoms with van der Waals surface area (Å²) in [4.78, 5) is 23.6. The number of nitrogens with zero attached hydrogens (tertiary/aromatic N) is 2. The van der Waals surface area contributed by atoms with Crippen LogP contribution in [0.25, 0.3) is 17.0 Å². The number of rotatable bonds is 7. The summed E-state index contributed by atoms with van der Waals surface area (Å²) in [6.07, 6.45) is 3.77. The molecule has 0 atom stereocenters. The number of fused-ring (bicyclic) bond motifs is 2. The molecule has 0 aliphatic carbocycles. The van der Waals surface area contributed by atoms with Gasteiger partial charge in [-0.2, -0.15) is 0 Å². The highest BCUT2D eigenvalue weighted by Crippen LogP contribution is 2.38. The van der Waals surface area contributed by atoms with Crippen molar-refractivity contribution in [3.05, 3.63) is 98.9 Å². The van der Waals surface area contributed by atoms with Crippen LogP contribution in [0.2, 0.25) is 0 Å². The average molecular weight is 485 g/mol. The topological polar surface area (TPSA) is 92.8 Å². The zero-order valence-electron chi connectivity index (χ0n) is 20.1. The number of carbonyl (C=O) groups is 1. The Hall–Kier alpha value is -4.59. The number of aromatic nitrogens is 1. The second-order valence-electron chi connectivity index (χ2n) is 8.52. The van der Waals surface area contributed by atoms with Gasteiger partial charge in [-0.1, -0.05) is 0 Å². The third-order valence-corrected chi connectivity index (χ3v) is 6.24. The molecule has 3 aromatic carbocycles. The van der Waals surface area contributed by atoms with Crippen LogP contribution in [-0.2, 0) is 13.2 Å². The highest BCUT2D eigenvalue weighted by atomic mass is 16.6. The fourth-order valence-electron chi connectivity index (χ4n) is 4.39. The number of ether oxygens (including phenoxy) is 3. The number of non-ortho nitro benzene ring substituents is 1. The standard InChI is InChI=1S/C28H24N2O6/c1-4-29-15-19(23-13-21(34-3)9-10-24(23)29)12-26-28(31)27-17(2)11-22(14-25(27)36-26)35-16-18-5-7-20(8-6-18)30(32)33/h5-15H,4,16H2,1-3H3/b26-12-. The van der Waals surface area contributed by atoms with Gasteiger partial charge in [0, 0.05) is 47.4 Å². The summed E-state index contributed by atoms with van der Waals surface area (Å²) in [5, 5.41) is 11.8. The van der Waals surface area contributed by atoms with Crippen LogP contribution in [0.15, 0.2) is 66.6 Å². The molecule has 0 saturated heterocycles. The number of allylic oxidation sites excluding steroid dienone is 1. The predicted molar refractivity (Wildman–Crippen MR) is 136 cm³/mol. The quantitative estimate of drug-likeness (QED) is 0.179. The summed E-state index contributed by atoms with van der Waals surface area (Å²) >= 11 is 0. The van der Waals surface area contributed by atoms with E-state index in [-0.39, 0.29) is 23.8 Å². The van der Waals surface area contributed by atoms with Crippen molar-refractivity contribution in [2.75, 3.05) is 7.11 Å². The number of hydrogen-bond donors (Lipinski definition) is 0. The minimum Gasteiger partial charge on any atom is -0.497 e. The smallest absolute Gasteiger partial charge is 0.269 e. The van der Waals surface area contributed by atoms with E-state index in [1.54, 1.807) is 37.5 Å². The van der Waals surface area contributed by atoms with Crippen molar-refractivity contribution in [3.63, 3.8) is 0 Å². The molecule has 0 fully saturated rings. The highest BCUT2D eigenvalue weighted by Gasteiger charge is 2.30. The summed E-state index contributed by atoms with van der Waals surface area (Å²) < 4.78 is 19.4. The lowest BCUT2D eigenvalue weighted by atomic mass is 10.0. The molecule has 0 saturated carbocycles. The number of aryl methyl sites for hydroxylation is 2. The lowest BCUT2D eigenvalue weighted by Crippen LogP contribution is -2.00. The van der Waals surface area contributed by atoms with Gasteiger partial charge in [-0.05, 0) is 67.4 Å². The van der Waals surface area contributed by atoms with E-state index in [1.165, 1.54) is 12.1 Å². The molecule has 1 aromatic heterocycles. The maximum absolute atomic E-state index is 13.2. The summed E-state index contributed by atoms with van der Waals surface area (Å²) in [5.74, 6) is 1.81. The minimum atomic E-state index is -0.440.